The Kier molecular flexibility index (Phi) is 12.9. The van der Waals surface area contributed by atoms with Crippen LogP contribution in [-0.4, -0.2) is 68.6 Å². The maximum Gasteiger partial charge on any atom is 0.414 e. The molecule has 10 heteroatoms. The Bertz CT molecular complexity index is 778. The number of allylic oxidation sites excluding steroid dienone is 1. The van der Waals surface area contributed by atoms with Gasteiger partial charge >= 0.3 is 18.0 Å². The van der Waals surface area contributed by atoms with Gasteiger partial charge in [0.1, 0.15) is 5.60 Å². The normalized spacial score (nSPS) is 19.9. The van der Waals surface area contributed by atoms with Crippen molar-refractivity contribution in [3.63, 3.8) is 0 Å². The summed E-state index contributed by atoms with van der Waals surface area (Å²) in [4.78, 5) is 42.1. The van der Waals surface area contributed by atoms with E-state index in [1.54, 1.807) is 40.9 Å². The van der Waals surface area contributed by atoms with Crippen LogP contribution < -0.4 is 10.6 Å². The monoisotopic (exact) mass is 511 g/mol. The number of hydrogen-bond acceptors (Lipinski definition) is 8. The number of rotatable bonds is 14. The van der Waals surface area contributed by atoms with E-state index in [4.69, 9.17) is 23.9 Å². The highest BCUT2D eigenvalue weighted by Gasteiger charge is 2.49. The third kappa shape index (κ3) is 11.0. The molecule has 1 fully saturated rings. The minimum atomic E-state index is -0.745. The van der Waals surface area contributed by atoms with Crippen molar-refractivity contribution in [2.45, 2.75) is 90.3 Å². The van der Waals surface area contributed by atoms with Crippen molar-refractivity contribution in [2.75, 3.05) is 27.4 Å². The predicted octanol–water partition coefficient (Wildman–Crippen LogP) is 3.74. The largest absolute Gasteiger partial charge is 0.469 e. The number of nitrogens with zero attached hydrogens (tertiary/aromatic N) is 1. The number of ether oxygens (including phenoxy) is 4. The minimum absolute atomic E-state index is 0.0405. The van der Waals surface area contributed by atoms with Crippen molar-refractivity contribution < 1.29 is 33.3 Å². The van der Waals surface area contributed by atoms with Crippen LogP contribution in [0.5, 0.6) is 0 Å². The van der Waals surface area contributed by atoms with E-state index in [0.29, 0.717) is 45.3 Å². The Labute approximate surface area is 215 Å². The summed E-state index contributed by atoms with van der Waals surface area (Å²) < 4.78 is 20.9. The van der Waals surface area contributed by atoms with Crippen LogP contribution in [0, 0.1) is 11.8 Å². The molecule has 206 valence electrons. The lowest BCUT2D eigenvalue weighted by atomic mass is 9.87. The molecule has 4 atom stereocenters. The molecule has 36 heavy (non-hydrogen) atoms. The van der Waals surface area contributed by atoms with Gasteiger partial charge in [-0.25, -0.2) is 9.79 Å². The zero-order chi connectivity index (χ0) is 27.4. The second-order valence-corrected chi connectivity index (χ2v) is 10.1. The molecule has 1 saturated carbocycles. The highest BCUT2D eigenvalue weighted by atomic mass is 16.6. The number of carbonyl (C=O) groups excluding carboxylic acids is 3. The van der Waals surface area contributed by atoms with Crippen LogP contribution in [0.2, 0.25) is 0 Å². The maximum atomic E-state index is 12.7. The molecule has 2 N–H and O–H groups in total. The molecule has 0 aromatic carbocycles. The number of aliphatic imine (C=N–C) groups is 1. The second-order valence-electron chi connectivity index (χ2n) is 10.1. The van der Waals surface area contributed by atoms with Gasteiger partial charge in [-0.2, -0.15) is 0 Å². The van der Waals surface area contributed by atoms with Crippen molar-refractivity contribution in [1.82, 2.24) is 10.6 Å². The molecule has 0 aliphatic heterocycles. The number of methoxy groups -OCH3 is 2. The molecule has 0 aromatic heterocycles. The Morgan fingerprint density at radius 2 is 1.89 bits per heavy atom. The first kappa shape index (κ1) is 31.4. The van der Waals surface area contributed by atoms with Gasteiger partial charge < -0.3 is 24.3 Å². The number of esters is 2. The summed E-state index contributed by atoms with van der Waals surface area (Å²) in [5.41, 5.74) is -1.46. The van der Waals surface area contributed by atoms with Crippen molar-refractivity contribution >= 4 is 24.0 Å². The van der Waals surface area contributed by atoms with Crippen LogP contribution in [0.15, 0.2) is 17.6 Å². The SMILES string of the molecule is C=CCC[C@](CC)(CC(=O)OC)NC(=N[C@H](CCOC)[C@H]1C[C@@H]1C(=O)OCC)NC(=O)OC(C)(C)C. The van der Waals surface area contributed by atoms with E-state index in [-0.39, 0.29) is 42.2 Å². The van der Waals surface area contributed by atoms with Gasteiger partial charge in [-0.3, -0.25) is 14.9 Å². The van der Waals surface area contributed by atoms with Crippen LogP contribution in [0.4, 0.5) is 4.79 Å². The zero-order valence-electron chi connectivity index (χ0n) is 23.0. The van der Waals surface area contributed by atoms with Gasteiger partial charge in [0.2, 0.25) is 5.96 Å². The molecule has 1 amide bonds. The first-order valence-corrected chi connectivity index (χ1v) is 12.6. The highest BCUT2D eigenvalue weighted by molar-refractivity contribution is 5.95. The van der Waals surface area contributed by atoms with Gasteiger partial charge in [-0.15, -0.1) is 6.58 Å². The zero-order valence-corrected chi connectivity index (χ0v) is 23.0. The molecule has 0 spiro atoms. The third-order valence-electron chi connectivity index (χ3n) is 6.05. The Morgan fingerprint density at radius 1 is 1.19 bits per heavy atom. The van der Waals surface area contributed by atoms with E-state index in [1.165, 1.54) is 7.11 Å². The predicted molar refractivity (Wildman–Crippen MR) is 138 cm³/mol. The lowest BCUT2D eigenvalue weighted by Crippen LogP contribution is -2.55. The van der Waals surface area contributed by atoms with Crippen molar-refractivity contribution in [3.05, 3.63) is 12.7 Å². The molecular formula is C26H45N3O7. The summed E-state index contributed by atoms with van der Waals surface area (Å²) in [5.74, 6) is -0.735. The van der Waals surface area contributed by atoms with Crippen LogP contribution in [0.1, 0.15) is 73.1 Å². The van der Waals surface area contributed by atoms with Gasteiger partial charge in [0.25, 0.3) is 0 Å². The van der Waals surface area contributed by atoms with Crippen LogP contribution in [0.25, 0.3) is 0 Å². The first-order chi connectivity index (χ1) is 16.9. The molecule has 0 unspecified atom stereocenters. The van der Waals surface area contributed by atoms with Gasteiger partial charge in [0.05, 0.1) is 37.6 Å². The van der Waals surface area contributed by atoms with Gasteiger partial charge in [-0.1, -0.05) is 13.0 Å². The van der Waals surface area contributed by atoms with E-state index < -0.39 is 17.2 Å². The molecule has 10 nitrogen and oxygen atoms in total. The van der Waals surface area contributed by atoms with Crippen LogP contribution in [-0.2, 0) is 28.5 Å². The molecule has 0 aromatic rings. The number of alkyl carbamates (subject to hydrolysis) is 1. The van der Waals surface area contributed by atoms with E-state index in [9.17, 15) is 14.4 Å². The highest BCUT2D eigenvalue weighted by Crippen LogP contribution is 2.44. The first-order valence-electron chi connectivity index (χ1n) is 12.6. The smallest absolute Gasteiger partial charge is 0.414 e. The summed E-state index contributed by atoms with van der Waals surface area (Å²) in [6, 6.07) is -0.316. The number of nitrogens with one attached hydrogen (secondary N) is 2. The third-order valence-corrected chi connectivity index (χ3v) is 6.05. The molecule has 0 heterocycles. The Balaban J connectivity index is 3.35. The fourth-order valence-corrected chi connectivity index (χ4v) is 4.00. The fourth-order valence-electron chi connectivity index (χ4n) is 4.00. The lowest BCUT2D eigenvalue weighted by molar-refractivity contribution is -0.145. The minimum Gasteiger partial charge on any atom is -0.469 e. The van der Waals surface area contributed by atoms with E-state index in [2.05, 4.69) is 17.2 Å². The Hall–Kier alpha value is -2.62. The average Bonchev–Trinajstić information content (AvgIpc) is 3.59. The van der Waals surface area contributed by atoms with Gasteiger partial charge in [0, 0.05) is 13.7 Å². The summed E-state index contributed by atoms with van der Waals surface area (Å²) in [6.07, 6.45) is 4.12. The molecule has 0 radical (unpaired) electrons. The molecule has 1 aliphatic rings. The lowest BCUT2D eigenvalue weighted by Gasteiger charge is -2.35. The van der Waals surface area contributed by atoms with Crippen molar-refractivity contribution in [2.24, 2.45) is 16.8 Å². The summed E-state index contributed by atoms with van der Waals surface area (Å²) in [7, 11) is 2.94. The van der Waals surface area contributed by atoms with Gasteiger partial charge in [0.15, 0.2) is 0 Å². The maximum absolute atomic E-state index is 12.7. The van der Waals surface area contributed by atoms with Gasteiger partial charge in [-0.05, 0) is 65.7 Å². The molecule has 1 aliphatic carbocycles. The van der Waals surface area contributed by atoms with Crippen LogP contribution in [0.3, 0.4) is 0 Å². The molecule has 0 bridgehead atoms. The standard InChI is InChI=1S/C26H45N3O7/c1-9-12-14-26(10-2,17-21(30)34-8)29-23(28-24(32)36-25(4,5)6)27-20(13-15-33-7)18-16-19(18)22(31)35-11-3/h9,18-20H,1,10-17H2,2-8H3,(H2,27,28,29,32)/t18-,19-,20+,26+/m0/s1. The second kappa shape index (κ2) is 14.8. The van der Waals surface area contributed by atoms with Crippen LogP contribution >= 0.6 is 0 Å². The number of guanidine groups is 1. The summed E-state index contributed by atoms with van der Waals surface area (Å²) in [5, 5.41) is 6.06. The van der Waals surface area contributed by atoms with E-state index in [0.717, 1.165) is 0 Å². The Morgan fingerprint density at radius 3 is 2.42 bits per heavy atom. The summed E-state index contributed by atoms with van der Waals surface area (Å²) >= 11 is 0. The number of hydrogen-bond donors (Lipinski definition) is 2. The average molecular weight is 512 g/mol. The molecular weight excluding hydrogens is 466 g/mol. The number of carbonyl (C=O) groups is 3. The van der Waals surface area contributed by atoms with E-state index >= 15 is 0 Å². The number of amides is 1. The summed E-state index contributed by atoms with van der Waals surface area (Å²) in [6.45, 7) is 13.6. The fraction of sp³-hybridized carbons (Fsp3) is 0.769. The van der Waals surface area contributed by atoms with Crippen molar-refractivity contribution in [1.29, 1.82) is 0 Å². The molecule has 1 rings (SSSR count). The molecule has 0 saturated heterocycles. The quantitative estimate of drug-likeness (QED) is 0.119. The van der Waals surface area contributed by atoms with Crippen molar-refractivity contribution in [3.8, 4) is 0 Å². The topological polar surface area (TPSA) is 125 Å². The van der Waals surface area contributed by atoms with E-state index in [1.807, 2.05) is 6.92 Å².